The van der Waals surface area contributed by atoms with E-state index in [-0.39, 0.29) is 18.8 Å². The van der Waals surface area contributed by atoms with Crippen molar-refractivity contribution in [3.05, 3.63) is 47.5 Å². The number of nitrogens with two attached hydrogens (primary N) is 1. The number of para-hydroxylation sites is 1. The van der Waals surface area contributed by atoms with Gasteiger partial charge < -0.3 is 30.4 Å². The molecule has 0 aromatic heterocycles. The Balaban J connectivity index is 1.76. The predicted molar refractivity (Wildman–Crippen MR) is 129 cm³/mol. The fourth-order valence-corrected chi connectivity index (χ4v) is 3.90. The molecule has 2 unspecified atom stereocenters. The first-order valence-electron chi connectivity index (χ1n) is 11.6. The first kappa shape index (κ1) is 24.9. The zero-order valence-corrected chi connectivity index (χ0v) is 20.0. The number of hydrogen-bond donors (Lipinski definition) is 3. The lowest BCUT2D eigenvalue weighted by molar-refractivity contribution is -0.105. The number of hydrogen-bond acceptors (Lipinski definition) is 6. The summed E-state index contributed by atoms with van der Waals surface area (Å²) in [5.41, 5.74) is 9.96. The van der Waals surface area contributed by atoms with Crippen LogP contribution in [0.15, 0.2) is 36.4 Å². The number of ether oxygens (including phenoxy) is 3. The van der Waals surface area contributed by atoms with Gasteiger partial charge in [0.2, 0.25) is 0 Å². The van der Waals surface area contributed by atoms with Crippen LogP contribution >= 0.6 is 0 Å². The van der Waals surface area contributed by atoms with E-state index in [0.29, 0.717) is 24.6 Å². The summed E-state index contributed by atoms with van der Waals surface area (Å²) in [5, 5.41) is 12.8. The predicted octanol–water partition coefficient (Wildman–Crippen LogP) is 4.96. The van der Waals surface area contributed by atoms with E-state index in [1.807, 2.05) is 64.1 Å². The van der Waals surface area contributed by atoms with Crippen molar-refractivity contribution >= 4 is 11.8 Å². The molecule has 1 saturated heterocycles. The minimum absolute atomic E-state index is 0.0268. The molecule has 2 atom stereocenters. The molecule has 3 rings (SSSR count). The van der Waals surface area contributed by atoms with Gasteiger partial charge in [0.05, 0.1) is 13.2 Å². The zero-order valence-electron chi connectivity index (χ0n) is 20.0. The highest BCUT2D eigenvalue weighted by atomic mass is 16.7. The fourth-order valence-electron chi connectivity index (χ4n) is 3.90. The van der Waals surface area contributed by atoms with Crippen LogP contribution in [0.3, 0.4) is 0 Å². The maximum Gasteiger partial charge on any atom is 0.407 e. The molecule has 7 heteroatoms. The smallest absolute Gasteiger partial charge is 0.407 e. The molecule has 1 amide bonds. The van der Waals surface area contributed by atoms with E-state index >= 15 is 0 Å². The minimum Gasteiger partial charge on any atom is -0.465 e. The third-order valence-electron chi connectivity index (χ3n) is 5.56. The lowest BCUT2D eigenvalue weighted by Gasteiger charge is -2.24. The van der Waals surface area contributed by atoms with Crippen LogP contribution in [-0.4, -0.2) is 36.2 Å². The van der Waals surface area contributed by atoms with Gasteiger partial charge in [-0.15, -0.1) is 0 Å². The highest BCUT2D eigenvalue weighted by Gasteiger charge is 2.20. The number of benzene rings is 2. The Morgan fingerprint density at radius 3 is 2.70 bits per heavy atom. The fraction of sp³-hybridized carbons (Fsp3) is 0.500. The summed E-state index contributed by atoms with van der Waals surface area (Å²) in [5.74, 6) is 0.639. The second kappa shape index (κ2) is 10.9. The molecule has 0 saturated carbocycles. The van der Waals surface area contributed by atoms with Crippen molar-refractivity contribution < 1.29 is 24.1 Å². The first-order valence-corrected chi connectivity index (χ1v) is 11.6. The summed E-state index contributed by atoms with van der Waals surface area (Å²) in [6, 6.07) is 11.5. The summed E-state index contributed by atoms with van der Waals surface area (Å²) < 4.78 is 16.9. The summed E-state index contributed by atoms with van der Waals surface area (Å²) in [7, 11) is 0. The van der Waals surface area contributed by atoms with E-state index < -0.39 is 11.7 Å². The number of anilines is 1. The van der Waals surface area contributed by atoms with Gasteiger partial charge in [0.1, 0.15) is 11.4 Å². The molecule has 0 bridgehead atoms. The highest BCUT2D eigenvalue weighted by Crippen LogP contribution is 2.36. The van der Waals surface area contributed by atoms with Gasteiger partial charge in [0, 0.05) is 30.1 Å². The SMILES string of the molecule is CC(CNC(=O)OC(C)(C)C)c1cccc(-c2ccc(OC3CCCCO3)cc2CO)c1N. The van der Waals surface area contributed by atoms with Crippen molar-refractivity contribution in [1.82, 2.24) is 5.32 Å². The summed E-state index contributed by atoms with van der Waals surface area (Å²) in [6.45, 7) is 8.44. The largest absolute Gasteiger partial charge is 0.465 e. The topological polar surface area (TPSA) is 103 Å². The van der Waals surface area contributed by atoms with Crippen molar-refractivity contribution in [3.8, 4) is 16.9 Å². The number of alkyl carbamates (subject to hydrolysis) is 1. The summed E-state index contributed by atoms with van der Waals surface area (Å²) in [6.07, 6.45) is 2.30. The maximum atomic E-state index is 12.0. The molecule has 2 aromatic rings. The average Bonchev–Trinajstić information content (AvgIpc) is 2.77. The number of rotatable bonds is 7. The van der Waals surface area contributed by atoms with Crippen molar-refractivity contribution in [2.75, 3.05) is 18.9 Å². The quantitative estimate of drug-likeness (QED) is 0.509. The van der Waals surface area contributed by atoms with Crippen molar-refractivity contribution in [2.45, 2.75) is 71.4 Å². The van der Waals surface area contributed by atoms with Gasteiger partial charge in [0.25, 0.3) is 0 Å². The van der Waals surface area contributed by atoms with Crippen LogP contribution in [0.2, 0.25) is 0 Å². The third kappa shape index (κ3) is 6.85. The summed E-state index contributed by atoms with van der Waals surface area (Å²) >= 11 is 0. The Morgan fingerprint density at radius 2 is 2.03 bits per heavy atom. The third-order valence-corrected chi connectivity index (χ3v) is 5.56. The molecule has 7 nitrogen and oxygen atoms in total. The van der Waals surface area contributed by atoms with E-state index in [4.69, 9.17) is 19.9 Å². The van der Waals surface area contributed by atoms with E-state index in [0.717, 1.165) is 41.5 Å². The minimum atomic E-state index is -0.550. The molecular weight excluding hydrogens is 420 g/mol. The van der Waals surface area contributed by atoms with Gasteiger partial charge in [-0.3, -0.25) is 0 Å². The number of nitrogen functional groups attached to an aromatic ring is 1. The molecule has 180 valence electrons. The van der Waals surface area contributed by atoms with E-state index in [9.17, 15) is 9.90 Å². The van der Waals surface area contributed by atoms with Crippen molar-refractivity contribution in [1.29, 1.82) is 0 Å². The van der Waals surface area contributed by atoms with E-state index in [2.05, 4.69) is 5.32 Å². The second-order valence-corrected chi connectivity index (χ2v) is 9.48. The lowest BCUT2D eigenvalue weighted by Crippen LogP contribution is -2.34. The number of amides is 1. The van der Waals surface area contributed by atoms with Crippen molar-refractivity contribution in [2.24, 2.45) is 0 Å². The molecule has 0 aliphatic carbocycles. The van der Waals surface area contributed by atoms with Crippen molar-refractivity contribution in [3.63, 3.8) is 0 Å². The maximum absolute atomic E-state index is 12.0. The standard InChI is InChI=1S/C26H36N2O5/c1-17(15-28-25(30)33-26(2,3)4)20-8-7-9-22(24(20)27)21-12-11-19(14-18(21)16-29)32-23-10-5-6-13-31-23/h7-9,11-12,14,17,23,29H,5-6,10,13,15-16,27H2,1-4H3,(H,28,30). The van der Waals surface area contributed by atoms with Crippen LogP contribution in [-0.2, 0) is 16.1 Å². The molecular formula is C26H36N2O5. The molecule has 1 fully saturated rings. The van der Waals surface area contributed by atoms with E-state index in [1.165, 1.54) is 0 Å². The zero-order chi connectivity index (χ0) is 24.0. The molecule has 33 heavy (non-hydrogen) atoms. The highest BCUT2D eigenvalue weighted by molar-refractivity contribution is 5.81. The van der Waals surface area contributed by atoms with Gasteiger partial charge in [0.15, 0.2) is 6.29 Å². The normalized spacial score (nSPS) is 17.3. The van der Waals surface area contributed by atoms with Crippen LogP contribution in [0, 0.1) is 0 Å². The molecule has 0 radical (unpaired) electrons. The van der Waals surface area contributed by atoms with Crippen LogP contribution in [0.1, 0.15) is 64.0 Å². The van der Waals surface area contributed by atoms with Gasteiger partial charge >= 0.3 is 6.09 Å². The Kier molecular flexibility index (Phi) is 8.21. The Hall–Kier alpha value is -2.77. The van der Waals surface area contributed by atoms with Gasteiger partial charge in [-0.05, 0) is 62.4 Å². The average molecular weight is 457 g/mol. The molecule has 1 heterocycles. The number of carbonyl (C=O) groups is 1. The number of carbonyl (C=O) groups excluding carboxylic acids is 1. The number of aliphatic hydroxyl groups is 1. The van der Waals surface area contributed by atoms with Crippen LogP contribution in [0.5, 0.6) is 5.75 Å². The molecule has 2 aromatic carbocycles. The Morgan fingerprint density at radius 1 is 1.24 bits per heavy atom. The van der Waals surface area contributed by atoms with Gasteiger partial charge in [-0.25, -0.2) is 4.79 Å². The lowest BCUT2D eigenvalue weighted by atomic mass is 9.91. The number of nitrogens with one attached hydrogen (secondary N) is 1. The first-order chi connectivity index (χ1) is 15.7. The van der Waals surface area contributed by atoms with Crippen LogP contribution < -0.4 is 15.8 Å². The van der Waals surface area contributed by atoms with Gasteiger partial charge in [-0.1, -0.05) is 31.2 Å². The van der Waals surface area contributed by atoms with Crippen LogP contribution in [0.25, 0.3) is 11.1 Å². The molecule has 4 N–H and O–H groups in total. The molecule has 1 aliphatic rings. The molecule has 0 spiro atoms. The number of aliphatic hydroxyl groups excluding tert-OH is 1. The second-order valence-electron chi connectivity index (χ2n) is 9.48. The Bertz CT molecular complexity index is 948. The van der Waals surface area contributed by atoms with Gasteiger partial charge in [-0.2, -0.15) is 0 Å². The van der Waals surface area contributed by atoms with E-state index in [1.54, 1.807) is 0 Å². The summed E-state index contributed by atoms with van der Waals surface area (Å²) in [4.78, 5) is 12.0. The van der Waals surface area contributed by atoms with Crippen LogP contribution in [0.4, 0.5) is 10.5 Å². The monoisotopic (exact) mass is 456 g/mol. The molecule has 1 aliphatic heterocycles. The Labute approximate surface area is 196 Å².